The lowest BCUT2D eigenvalue weighted by molar-refractivity contribution is -0.348. The van der Waals surface area contributed by atoms with Crippen LogP contribution in [-0.4, -0.2) is 12.4 Å². The molecule has 0 atom stereocenters. The van der Waals surface area contributed by atoms with Gasteiger partial charge < -0.3 is 0 Å². The van der Waals surface area contributed by atoms with Gasteiger partial charge in [0.05, 0.1) is 0 Å². The predicted octanol–water partition coefficient (Wildman–Crippen LogP) is 3.98. The first-order chi connectivity index (χ1) is 7.11. The molecule has 0 nitrogen and oxygen atoms in total. The molecule has 0 spiro atoms. The summed E-state index contributed by atoms with van der Waals surface area (Å²) in [7, 11) is 0. The number of rotatable bonds is 1. The molecule has 1 aromatic carbocycles. The Labute approximate surface area is 85.7 Å². The van der Waals surface area contributed by atoms with Gasteiger partial charge >= 0.3 is 18.0 Å². The predicted molar refractivity (Wildman–Crippen MR) is 41.3 cm³/mol. The number of alkyl halides is 7. The van der Waals surface area contributed by atoms with Crippen molar-refractivity contribution in [2.45, 2.75) is 18.0 Å². The van der Waals surface area contributed by atoms with E-state index in [2.05, 4.69) is 0 Å². The van der Waals surface area contributed by atoms with Crippen LogP contribution < -0.4 is 0 Å². The van der Waals surface area contributed by atoms with Gasteiger partial charge in [-0.1, -0.05) is 30.3 Å². The van der Waals surface area contributed by atoms with Gasteiger partial charge in [0.2, 0.25) is 0 Å². The van der Waals surface area contributed by atoms with Gasteiger partial charge in [0, 0.05) is 5.56 Å². The molecule has 1 rings (SSSR count). The maximum Gasteiger partial charge on any atom is 0.435 e. The zero-order valence-corrected chi connectivity index (χ0v) is 7.53. The SMILES string of the molecule is FC(F)(F)C(F)(c1ccccc1)C(F)(F)F. The van der Waals surface area contributed by atoms with Crippen LogP contribution >= 0.6 is 0 Å². The Balaban J connectivity index is 3.39. The molecular formula is C9H5F7. The fraction of sp³-hybridized carbons (Fsp3) is 0.333. The maximum atomic E-state index is 13.3. The number of hydrogen-bond donors (Lipinski definition) is 0. The smallest absolute Gasteiger partial charge is 0.218 e. The second-order valence-electron chi connectivity index (χ2n) is 3.02. The Morgan fingerprint density at radius 3 is 1.31 bits per heavy atom. The van der Waals surface area contributed by atoms with Gasteiger partial charge in [-0.2, -0.15) is 26.3 Å². The highest BCUT2D eigenvalue weighted by atomic mass is 19.4. The quantitative estimate of drug-likeness (QED) is 0.657. The lowest BCUT2D eigenvalue weighted by atomic mass is 9.94. The van der Waals surface area contributed by atoms with Crippen molar-refractivity contribution < 1.29 is 30.7 Å². The van der Waals surface area contributed by atoms with Crippen molar-refractivity contribution in [2.75, 3.05) is 0 Å². The molecule has 0 N–H and O–H groups in total. The Morgan fingerprint density at radius 1 is 0.625 bits per heavy atom. The second kappa shape index (κ2) is 3.64. The van der Waals surface area contributed by atoms with Crippen molar-refractivity contribution in [1.82, 2.24) is 0 Å². The van der Waals surface area contributed by atoms with Gasteiger partial charge in [0.1, 0.15) is 0 Å². The molecule has 0 unspecified atom stereocenters. The van der Waals surface area contributed by atoms with E-state index in [1.165, 1.54) is 6.07 Å². The van der Waals surface area contributed by atoms with E-state index in [-0.39, 0.29) is 0 Å². The zero-order chi connectivity index (χ0) is 12.6. The minimum atomic E-state index is -6.05. The topological polar surface area (TPSA) is 0 Å². The fourth-order valence-corrected chi connectivity index (χ4v) is 1.16. The normalized spacial score (nSPS) is 13.9. The third kappa shape index (κ3) is 1.85. The minimum Gasteiger partial charge on any atom is -0.218 e. The van der Waals surface area contributed by atoms with Crippen LogP contribution in [0.5, 0.6) is 0 Å². The molecule has 90 valence electrons. The minimum absolute atomic E-state index is 0.445. The number of hydrogen-bond acceptors (Lipinski definition) is 0. The number of benzene rings is 1. The van der Waals surface area contributed by atoms with Crippen molar-refractivity contribution in [3.8, 4) is 0 Å². The average Bonchev–Trinajstić information content (AvgIpc) is 2.14. The Bertz CT molecular complexity index is 334. The van der Waals surface area contributed by atoms with Gasteiger partial charge in [-0.15, -0.1) is 0 Å². The summed E-state index contributed by atoms with van der Waals surface area (Å²) in [6, 6.07) is 3.89. The van der Waals surface area contributed by atoms with Crippen molar-refractivity contribution in [2.24, 2.45) is 0 Å². The summed E-state index contributed by atoms with van der Waals surface area (Å²) in [5.41, 5.74) is -6.81. The van der Waals surface area contributed by atoms with Crippen LogP contribution in [0, 0.1) is 0 Å². The van der Waals surface area contributed by atoms with Gasteiger partial charge in [0.25, 0.3) is 0 Å². The van der Waals surface area contributed by atoms with Crippen molar-refractivity contribution in [1.29, 1.82) is 0 Å². The van der Waals surface area contributed by atoms with Crippen LogP contribution in [0.2, 0.25) is 0 Å². The van der Waals surface area contributed by atoms with E-state index in [0.717, 1.165) is 12.1 Å². The number of halogens is 7. The molecule has 0 radical (unpaired) electrons. The van der Waals surface area contributed by atoms with Crippen LogP contribution in [0.4, 0.5) is 30.7 Å². The summed E-state index contributed by atoms with van der Waals surface area (Å²) in [5.74, 6) is 0. The largest absolute Gasteiger partial charge is 0.435 e. The molecule has 7 heteroatoms. The summed E-state index contributed by atoms with van der Waals surface area (Å²) in [4.78, 5) is 0. The van der Waals surface area contributed by atoms with Gasteiger partial charge in [-0.3, -0.25) is 0 Å². The van der Waals surface area contributed by atoms with E-state index >= 15 is 0 Å². The molecule has 0 fully saturated rings. The highest BCUT2D eigenvalue weighted by molar-refractivity contribution is 5.26. The molecule has 0 aliphatic rings. The molecule has 16 heavy (non-hydrogen) atoms. The van der Waals surface area contributed by atoms with Crippen LogP contribution in [0.1, 0.15) is 5.56 Å². The van der Waals surface area contributed by atoms with Gasteiger partial charge in [-0.25, -0.2) is 4.39 Å². The van der Waals surface area contributed by atoms with E-state index in [1.54, 1.807) is 0 Å². The second-order valence-corrected chi connectivity index (χ2v) is 3.02. The van der Waals surface area contributed by atoms with E-state index < -0.39 is 23.6 Å². The van der Waals surface area contributed by atoms with Crippen molar-refractivity contribution >= 4 is 0 Å². The van der Waals surface area contributed by atoms with Crippen LogP contribution in [-0.2, 0) is 5.67 Å². The molecule has 0 saturated heterocycles. The van der Waals surface area contributed by atoms with Crippen molar-refractivity contribution in [3.63, 3.8) is 0 Å². The first kappa shape index (κ1) is 12.8. The van der Waals surface area contributed by atoms with Gasteiger partial charge in [0.15, 0.2) is 0 Å². The molecule has 0 aliphatic heterocycles. The van der Waals surface area contributed by atoms with Crippen LogP contribution in [0.15, 0.2) is 30.3 Å². The van der Waals surface area contributed by atoms with E-state index in [4.69, 9.17) is 0 Å². The summed E-state index contributed by atoms with van der Waals surface area (Å²) in [6.07, 6.45) is -12.1. The summed E-state index contributed by atoms with van der Waals surface area (Å²) in [6.45, 7) is 0. The van der Waals surface area contributed by atoms with Crippen molar-refractivity contribution in [3.05, 3.63) is 35.9 Å². The van der Waals surface area contributed by atoms with Crippen LogP contribution in [0.25, 0.3) is 0 Å². The maximum absolute atomic E-state index is 13.3. The Kier molecular flexibility index (Phi) is 2.91. The molecule has 0 amide bonds. The molecule has 0 aliphatic carbocycles. The summed E-state index contributed by atoms with van der Waals surface area (Å²) < 4.78 is 86.4. The highest BCUT2D eigenvalue weighted by Crippen LogP contribution is 2.52. The Hall–Kier alpha value is -1.27. The molecule has 1 aromatic rings. The molecule has 0 bridgehead atoms. The fourth-order valence-electron chi connectivity index (χ4n) is 1.16. The van der Waals surface area contributed by atoms with E-state index in [9.17, 15) is 30.7 Å². The lowest BCUT2D eigenvalue weighted by Gasteiger charge is -2.30. The standard InChI is InChI=1S/C9H5F7/c10-7(8(11,12)13,9(14,15)16)6-4-2-1-3-5-6/h1-5H. The Morgan fingerprint density at radius 2 is 1.00 bits per heavy atom. The third-order valence-electron chi connectivity index (χ3n) is 1.95. The summed E-state index contributed by atoms with van der Waals surface area (Å²) >= 11 is 0. The highest BCUT2D eigenvalue weighted by Gasteiger charge is 2.73. The summed E-state index contributed by atoms with van der Waals surface area (Å²) in [5, 5.41) is 0. The lowest BCUT2D eigenvalue weighted by Crippen LogP contribution is -2.50. The molecule has 0 saturated carbocycles. The molecule has 0 heterocycles. The van der Waals surface area contributed by atoms with Crippen LogP contribution in [0.3, 0.4) is 0 Å². The van der Waals surface area contributed by atoms with E-state index in [0.29, 0.717) is 12.1 Å². The average molecular weight is 246 g/mol. The first-order valence-corrected chi connectivity index (χ1v) is 3.98. The monoisotopic (exact) mass is 246 g/mol. The molecule has 0 aromatic heterocycles. The van der Waals surface area contributed by atoms with Gasteiger partial charge in [-0.05, 0) is 0 Å². The van der Waals surface area contributed by atoms with E-state index in [1.807, 2.05) is 0 Å². The first-order valence-electron chi connectivity index (χ1n) is 3.98. The zero-order valence-electron chi connectivity index (χ0n) is 7.53. The third-order valence-corrected chi connectivity index (χ3v) is 1.95. The molecular weight excluding hydrogens is 241 g/mol.